The fourth-order valence-electron chi connectivity index (χ4n) is 2.36. The van der Waals surface area contributed by atoms with Crippen LogP contribution >= 0.6 is 0 Å². The van der Waals surface area contributed by atoms with Crippen LogP contribution in [-0.2, 0) is 12.7 Å². The fraction of sp³-hybridized carbons (Fsp3) is 0.105. The first-order valence-electron chi connectivity index (χ1n) is 7.99. The molecule has 3 aromatic rings. The molecule has 0 aliphatic rings. The fourth-order valence-corrected chi connectivity index (χ4v) is 2.36. The summed E-state index contributed by atoms with van der Waals surface area (Å²) in [6, 6.07) is 11.0. The zero-order chi connectivity index (χ0) is 19.3. The smallest absolute Gasteiger partial charge is 0.334 e. The van der Waals surface area contributed by atoms with Gasteiger partial charge in [0.25, 0.3) is 0 Å². The maximum atomic E-state index is 12.5. The molecule has 0 fully saturated rings. The molecular weight excluding hydrogens is 357 g/mol. The standard InChI is InChI=1S/C19H15F3N4O/c20-19(21,22)15-3-5-16(6-4-15)26-18(27)25-11-13-7-9-24-17(10-13)14-2-1-8-23-12-14/h1-10,12H,11H2,(H2,25,26,27). The van der Waals surface area contributed by atoms with E-state index < -0.39 is 17.8 Å². The Balaban J connectivity index is 1.58. The molecule has 0 saturated carbocycles. The molecule has 0 bridgehead atoms. The number of rotatable bonds is 4. The zero-order valence-corrected chi connectivity index (χ0v) is 14.0. The van der Waals surface area contributed by atoms with Gasteiger partial charge in [0.2, 0.25) is 0 Å². The van der Waals surface area contributed by atoms with Gasteiger partial charge in [0.15, 0.2) is 0 Å². The van der Waals surface area contributed by atoms with Gasteiger partial charge in [-0.05, 0) is 54.1 Å². The Morgan fingerprint density at radius 2 is 1.81 bits per heavy atom. The highest BCUT2D eigenvalue weighted by atomic mass is 19.4. The molecule has 2 heterocycles. The number of hydrogen-bond donors (Lipinski definition) is 2. The molecule has 2 N–H and O–H groups in total. The monoisotopic (exact) mass is 372 g/mol. The first-order valence-corrected chi connectivity index (χ1v) is 7.99. The summed E-state index contributed by atoms with van der Waals surface area (Å²) in [5, 5.41) is 5.15. The van der Waals surface area contributed by atoms with Gasteiger partial charge in [-0.1, -0.05) is 0 Å². The summed E-state index contributed by atoms with van der Waals surface area (Å²) in [5.41, 5.74) is 1.91. The molecule has 138 valence electrons. The van der Waals surface area contributed by atoms with Crippen molar-refractivity contribution in [1.82, 2.24) is 15.3 Å². The third kappa shape index (κ3) is 5.04. The highest BCUT2D eigenvalue weighted by molar-refractivity contribution is 5.89. The van der Waals surface area contributed by atoms with Crippen molar-refractivity contribution in [2.24, 2.45) is 0 Å². The summed E-state index contributed by atoms with van der Waals surface area (Å²) in [6.07, 6.45) is 0.582. The quantitative estimate of drug-likeness (QED) is 0.709. The predicted octanol–water partition coefficient (Wildman–Crippen LogP) is 4.48. The Kier molecular flexibility index (Phi) is 5.35. The van der Waals surface area contributed by atoms with Crippen molar-refractivity contribution in [3.63, 3.8) is 0 Å². The Labute approximate surface area is 153 Å². The molecule has 0 saturated heterocycles. The van der Waals surface area contributed by atoms with E-state index in [0.29, 0.717) is 0 Å². The highest BCUT2D eigenvalue weighted by Gasteiger charge is 2.29. The lowest BCUT2D eigenvalue weighted by Gasteiger charge is -2.10. The van der Waals surface area contributed by atoms with Crippen LogP contribution in [-0.4, -0.2) is 16.0 Å². The summed E-state index contributed by atoms with van der Waals surface area (Å²) in [6.45, 7) is 0.238. The largest absolute Gasteiger partial charge is 0.416 e. The molecule has 1 aromatic carbocycles. The lowest BCUT2D eigenvalue weighted by Crippen LogP contribution is -2.28. The topological polar surface area (TPSA) is 66.9 Å². The van der Waals surface area contributed by atoms with E-state index in [1.165, 1.54) is 12.1 Å². The number of urea groups is 1. The number of nitrogens with one attached hydrogen (secondary N) is 2. The molecular formula is C19H15F3N4O. The number of carbonyl (C=O) groups is 1. The molecule has 0 aliphatic heterocycles. The van der Waals surface area contributed by atoms with Crippen molar-refractivity contribution >= 4 is 11.7 Å². The number of nitrogens with zero attached hydrogens (tertiary/aromatic N) is 2. The van der Waals surface area contributed by atoms with Gasteiger partial charge in [-0.25, -0.2) is 4.79 Å². The van der Waals surface area contributed by atoms with Crippen LogP contribution in [0.2, 0.25) is 0 Å². The van der Waals surface area contributed by atoms with Crippen molar-refractivity contribution in [3.05, 3.63) is 78.2 Å². The minimum absolute atomic E-state index is 0.238. The van der Waals surface area contributed by atoms with Gasteiger partial charge < -0.3 is 10.6 Å². The number of anilines is 1. The summed E-state index contributed by atoms with van der Waals surface area (Å²) in [7, 11) is 0. The summed E-state index contributed by atoms with van der Waals surface area (Å²) >= 11 is 0. The lowest BCUT2D eigenvalue weighted by atomic mass is 10.1. The molecule has 0 unspecified atom stereocenters. The Hall–Kier alpha value is -3.42. The minimum atomic E-state index is -4.41. The van der Waals surface area contributed by atoms with Crippen molar-refractivity contribution in [2.75, 3.05) is 5.32 Å². The number of halogens is 3. The van der Waals surface area contributed by atoms with Crippen LogP contribution in [0.5, 0.6) is 0 Å². The zero-order valence-electron chi connectivity index (χ0n) is 14.0. The molecule has 8 heteroatoms. The molecule has 0 aliphatic carbocycles. The average Bonchev–Trinajstić information content (AvgIpc) is 2.67. The molecule has 27 heavy (non-hydrogen) atoms. The maximum absolute atomic E-state index is 12.5. The van der Waals surface area contributed by atoms with Gasteiger partial charge in [0.1, 0.15) is 0 Å². The van der Waals surface area contributed by atoms with Crippen LogP contribution in [0.4, 0.5) is 23.7 Å². The van der Waals surface area contributed by atoms with Crippen molar-refractivity contribution in [3.8, 4) is 11.3 Å². The van der Waals surface area contributed by atoms with E-state index >= 15 is 0 Å². The molecule has 2 amide bonds. The number of benzene rings is 1. The molecule has 2 aromatic heterocycles. The second kappa shape index (κ2) is 7.86. The Bertz CT molecular complexity index is 912. The lowest BCUT2D eigenvalue weighted by molar-refractivity contribution is -0.137. The third-order valence-electron chi connectivity index (χ3n) is 3.70. The van der Waals surface area contributed by atoms with Crippen LogP contribution < -0.4 is 10.6 Å². The minimum Gasteiger partial charge on any atom is -0.334 e. The van der Waals surface area contributed by atoms with Crippen LogP contribution in [0.3, 0.4) is 0 Å². The van der Waals surface area contributed by atoms with Crippen molar-refractivity contribution in [2.45, 2.75) is 12.7 Å². The van der Waals surface area contributed by atoms with Gasteiger partial charge in [-0.3, -0.25) is 9.97 Å². The van der Waals surface area contributed by atoms with Crippen LogP contribution in [0, 0.1) is 0 Å². The highest BCUT2D eigenvalue weighted by Crippen LogP contribution is 2.29. The van der Waals surface area contributed by atoms with E-state index in [9.17, 15) is 18.0 Å². The first kappa shape index (κ1) is 18.4. The average molecular weight is 372 g/mol. The number of aromatic nitrogens is 2. The van der Waals surface area contributed by atoms with E-state index in [1.54, 1.807) is 30.7 Å². The molecule has 0 atom stereocenters. The van der Waals surface area contributed by atoms with Crippen LogP contribution in [0.25, 0.3) is 11.3 Å². The molecule has 3 rings (SSSR count). The summed E-state index contributed by atoms with van der Waals surface area (Å²) in [4.78, 5) is 20.3. The molecule has 5 nitrogen and oxygen atoms in total. The SMILES string of the molecule is O=C(NCc1ccnc(-c2cccnc2)c1)Nc1ccc(C(F)(F)F)cc1. The van der Waals surface area contributed by atoms with Gasteiger partial charge in [-0.2, -0.15) is 13.2 Å². The number of carbonyl (C=O) groups excluding carboxylic acids is 1. The molecule has 0 radical (unpaired) electrons. The second-order valence-corrected chi connectivity index (χ2v) is 5.67. The Morgan fingerprint density at radius 1 is 1.04 bits per heavy atom. The van der Waals surface area contributed by atoms with Crippen LogP contribution in [0.1, 0.15) is 11.1 Å². The number of pyridine rings is 2. The van der Waals surface area contributed by atoms with Gasteiger partial charge >= 0.3 is 12.2 Å². The maximum Gasteiger partial charge on any atom is 0.416 e. The number of alkyl halides is 3. The van der Waals surface area contributed by atoms with Crippen molar-refractivity contribution in [1.29, 1.82) is 0 Å². The molecule has 0 spiro atoms. The predicted molar refractivity (Wildman–Crippen MR) is 94.8 cm³/mol. The van der Waals surface area contributed by atoms with Gasteiger partial charge in [0.05, 0.1) is 11.3 Å². The summed E-state index contributed by atoms with van der Waals surface area (Å²) in [5.74, 6) is 0. The van der Waals surface area contributed by atoms with E-state index in [0.717, 1.165) is 29.0 Å². The third-order valence-corrected chi connectivity index (χ3v) is 3.70. The van der Waals surface area contributed by atoms with Gasteiger partial charge in [0, 0.05) is 36.4 Å². The normalized spacial score (nSPS) is 11.1. The van der Waals surface area contributed by atoms with E-state index in [1.807, 2.05) is 12.1 Å². The van der Waals surface area contributed by atoms with Gasteiger partial charge in [-0.15, -0.1) is 0 Å². The first-order chi connectivity index (χ1) is 12.9. The summed E-state index contributed by atoms with van der Waals surface area (Å²) < 4.78 is 37.6. The van der Waals surface area contributed by atoms with Crippen LogP contribution in [0.15, 0.2) is 67.1 Å². The van der Waals surface area contributed by atoms with E-state index in [4.69, 9.17) is 0 Å². The number of amides is 2. The second-order valence-electron chi connectivity index (χ2n) is 5.67. The van der Waals surface area contributed by atoms with Crippen molar-refractivity contribution < 1.29 is 18.0 Å². The number of hydrogen-bond acceptors (Lipinski definition) is 3. The van der Waals surface area contributed by atoms with E-state index in [2.05, 4.69) is 20.6 Å². The Morgan fingerprint density at radius 3 is 2.48 bits per heavy atom. The van der Waals surface area contributed by atoms with E-state index in [-0.39, 0.29) is 12.2 Å².